The van der Waals surface area contributed by atoms with Crippen molar-refractivity contribution >= 4 is 34.6 Å². The van der Waals surface area contributed by atoms with E-state index in [4.69, 9.17) is 4.74 Å². The van der Waals surface area contributed by atoms with E-state index in [0.29, 0.717) is 47.5 Å². The Hall–Kier alpha value is -4.97. The number of nitrogens with one attached hydrogen (secondary N) is 1. The molecule has 0 spiro atoms. The van der Waals surface area contributed by atoms with Crippen LogP contribution in [0.1, 0.15) is 56.9 Å². The van der Waals surface area contributed by atoms with Crippen LogP contribution in [0.2, 0.25) is 0 Å². The summed E-state index contributed by atoms with van der Waals surface area (Å²) in [6.07, 6.45) is 2.04. The second-order valence-electron chi connectivity index (χ2n) is 10.0. The summed E-state index contributed by atoms with van der Waals surface area (Å²) >= 11 is 0. The molecule has 1 N–H and O–H groups in total. The van der Waals surface area contributed by atoms with E-state index < -0.39 is 17.9 Å². The highest BCUT2D eigenvalue weighted by atomic mass is 16.6. The van der Waals surface area contributed by atoms with E-state index in [-0.39, 0.29) is 12.1 Å². The van der Waals surface area contributed by atoms with Crippen molar-refractivity contribution in [1.82, 2.24) is 14.9 Å². The molecule has 1 atom stereocenters. The predicted octanol–water partition coefficient (Wildman–Crippen LogP) is 4.36. The number of alkyl carbamates (subject to hydrolysis) is 1. The normalized spacial score (nSPS) is 15.9. The molecule has 2 aromatic carbocycles. The summed E-state index contributed by atoms with van der Waals surface area (Å²) in [6.45, 7) is 3.94. The number of nitrogens with zero attached hydrogens (tertiary/aromatic N) is 4. The highest BCUT2D eigenvalue weighted by Gasteiger charge is 2.38. The third-order valence-corrected chi connectivity index (χ3v) is 7.17. The van der Waals surface area contributed by atoms with E-state index in [1.807, 2.05) is 18.2 Å². The van der Waals surface area contributed by atoms with E-state index in [2.05, 4.69) is 20.9 Å². The first-order chi connectivity index (χ1) is 18.9. The zero-order chi connectivity index (χ0) is 27.3. The van der Waals surface area contributed by atoms with Crippen LogP contribution in [0.25, 0.3) is 10.9 Å². The molecule has 3 amide bonds. The molecule has 2 aliphatic rings. The van der Waals surface area contributed by atoms with Gasteiger partial charge in [0.05, 0.1) is 35.4 Å². The lowest BCUT2D eigenvalue weighted by molar-refractivity contribution is 0.0924. The van der Waals surface area contributed by atoms with Crippen molar-refractivity contribution in [2.75, 3.05) is 4.90 Å². The van der Waals surface area contributed by atoms with Crippen molar-refractivity contribution < 1.29 is 19.1 Å². The van der Waals surface area contributed by atoms with Crippen LogP contribution >= 0.6 is 0 Å². The molecule has 194 valence electrons. The summed E-state index contributed by atoms with van der Waals surface area (Å²) in [4.78, 5) is 44.4. The molecule has 0 saturated carbocycles. The number of rotatable bonds is 5. The van der Waals surface area contributed by atoms with Gasteiger partial charge in [-0.2, -0.15) is 5.26 Å². The number of aromatic nitrogens is 2. The van der Waals surface area contributed by atoms with Gasteiger partial charge in [-0.15, -0.1) is 0 Å². The standard InChI is InChI=1S/C30H25N5O4/c1-17(2)39-30(38)33-20-13-24-23-12-18(15-31)9-10-25(23)34(26(24)14-20)16-19-6-5-11-32-27(19)35-28(36)21-7-3-4-8-22(21)29(35)37/h3-12,17,20H,13-14,16H2,1-2H3,(H,33,38). The molecule has 1 aliphatic heterocycles. The van der Waals surface area contributed by atoms with Crippen LogP contribution in [-0.4, -0.2) is 39.6 Å². The molecule has 2 aromatic heterocycles. The second-order valence-corrected chi connectivity index (χ2v) is 10.0. The monoisotopic (exact) mass is 519 g/mol. The minimum absolute atomic E-state index is 0.160. The molecule has 9 nitrogen and oxygen atoms in total. The number of imide groups is 1. The molecule has 39 heavy (non-hydrogen) atoms. The summed E-state index contributed by atoms with van der Waals surface area (Å²) in [6, 6.07) is 18.0. The van der Waals surface area contributed by atoms with Gasteiger partial charge in [0.2, 0.25) is 0 Å². The molecule has 0 fully saturated rings. The Labute approximate surface area is 224 Å². The zero-order valence-electron chi connectivity index (χ0n) is 21.5. The zero-order valence-corrected chi connectivity index (χ0v) is 21.5. The molecular formula is C30H25N5O4. The third-order valence-electron chi connectivity index (χ3n) is 7.17. The summed E-state index contributed by atoms with van der Waals surface area (Å²) < 4.78 is 7.40. The van der Waals surface area contributed by atoms with Crippen molar-refractivity contribution in [3.63, 3.8) is 0 Å². The molecule has 1 unspecified atom stereocenters. The maximum Gasteiger partial charge on any atom is 0.407 e. The summed E-state index contributed by atoms with van der Waals surface area (Å²) in [5.74, 6) is -0.504. The number of ether oxygens (including phenoxy) is 1. The maximum absolute atomic E-state index is 13.2. The number of fused-ring (bicyclic) bond motifs is 4. The van der Waals surface area contributed by atoms with Gasteiger partial charge in [0, 0.05) is 40.8 Å². The second kappa shape index (κ2) is 9.40. The van der Waals surface area contributed by atoms with Gasteiger partial charge < -0.3 is 14.6 Å². The first-order valence-corrected chi connectivity index (χ1v) is 12.8. The van der Waals surface area contributed by atoms with Gasteiger partial charge >= 0.3 is 6.09 Å². The Morgan fingerprint density at radius 2 is 1.85 bits per heavy atom. The summed E-state index contributed by atoms with van der Waals surface area (Å²) in [7, 11) is 0. The smallest absolute Gasteiger partial charge is 0.407 e. The van der Waals surface area contributed by atoms with Crippen molar-refractivity contribution in [3.8, 4) is 6.07 Å². The first-order valence-electron chi connectivity index (χ1n) is 12.8. The molecule has 1 aliphatic carbocycles. The third kappa shape index (κ3) is 4.10. The predicted molar refractivity (Wildman–Crippen MR) is 144 cm³/mol. The van der Waals surface area contributed by atoms with Crippen molar-refractivity contribution in [3.05, 3.63) is 94.3 Å². The number of anilines is 1. The van der Waals surface area contributed by atoms with Crippen LogP contribution in [0.15, 0.2) is 60.8 Å². The van der Waals surface area contributed by atoms with Crippen LogP contribution < -0.4 is 10.2 Å². The topological polar surface area (TPSA) is 117 Å². The van der Waals surface area contributed by atoms with E-state index in [0.717, 1.165) is 27.1 Å². The summed E-state index contributed by atoms with van der Waals surface area (Å²) in [5.41, 5.74) is 4.97. The van der Waals surface area contributed by atoms with E-state index in [1.54, 1.807) is 56.4 Å². The number of hydrogen-bond donors (Lipinski definition) is 1. The largest absolute Gasteiger partial charge is 0.447 e. The Balaban J connectivity index is 1.39. The summed E-state index contributed by atoms with van der Waals surface area (Å²) in [5, 5.41) is 13.4. The maximum atomic E-state index is 13.2. The van der Waals surface area contributed by atoms with Crippen LogP contribution in [0.3, 0.4) is 0 Å². The highest BCUT2D eigenvalue weighted by Crippen LogP contribution is 2.36. The number of nitriles is 1. The first kappa shape index (κ1) is 24.4. The van der Waals surface area contributed by atoms with Crippen LogP contribution in [0.5, 0.6) is 0 Å². The van der Waals surface area contributed by atoms with E-state index >= 15 is 0 Å². The molecular weight excluding hydrogens is 494 g/mol. The van der Waals surface area contributed by atoms with Crippen LogP contribution in [0, 0.1) is 11.3 Å². The Morgan fingerprint density at radius 3 is 2.54 bits per heavy atom. The van der Waals surface area contributed by atoms with Gasteiger partial charge in [-0.3, -0.25) is 9.59 Å². The fraction of sp³-hybridized carbons (Fsp3) is 0.233. The quantitative estimate of drug-likeness (QED) is 0.392. The molecule has 0 radical (unpaired) electrons. The highest BCUT2D eigenvalue weighted by molar-refractivity contribution is 6.34. The lowest BCUT2D eigenvalue weighted by atomic mass is 10.1. The van der Waals surface area contributed by atoms with Gasteiger partial charge in [0.1, 0.15) is 5.82 Å². The molecule has 9 heteroatoms. The van der Waals surface area contributed by atoms with E-state index in [1.165, 1.54) is 0 Å². The lowest BCUT2D eigenvalue weighted by Gasteiger charge is -2.19. The van der Waals surface area contributed by atoms with Crippen molar-refractivity contribution in [2.24, 2.45) is 0 Å². The van der Waals surface area contributed by atoms with Gasteiger partial charge in [-0.05, 0) is 62.2 Å². The molecule has 4 aromatic rings. The molecule has 0 saturated heterocycles. The average Bonchev–Trinajstić information content (AvgIpc) is 3.53. The molecule has 0 bridgehead atoms. The Bertz CT molecular complexity index is 1680. The van der Waals surface area contributed by atoms with Crippen molar-refractivity contribution in [2.45, 2.75) is 45.4 Å². The van der Waals surface area contributed by atoms with Gasteiger partial charge in [0.25, 0.3) is 11.8 Å². The van der Waals surface area contributed by atoms with Crippen LogP contribution in [-0.2, 0) is 24.1 Å². The molecule has 3 heterocycles. The fourth-order valence-electron chi connectivity index (χ4n) is 5.56. The fourth-order valence-corrected chi connectivity index (χ4v) is 5.56. The van der Waals surface area contributed by atoms with Gasteiger partial charge in [0.15, 0.2) is 0 Å². The van der Waals surface area contributed by atoms with Crippen molar-refractivity contribution in [1.29, 1.82) is 5.26 Å². The Kier molecular flexibility index (Phi) is 5.88. The average molecular weight is 520 g/mol. The number of benzene rings is 2. The van der Waals surface area contributed by atoms with E-state index in [9.17, 15) is 19.6 Å². The lowest BCUT2D eigenvalue weighted by Crippen LogP contribution is -2.37. The Morgan fingerprint density at radius 1 is 1.10 bits per heavy atom. The number of hydrogen-bond acceptors (Lipinski definition) is 6. The number of pyridine rings is 1. The molecule has 6 rings (SSSR count). The number of carbonyl (C=O) groups is 3. The van der Waals surface area contributed by atoms with Gasteiger partial charge in [-0.25, -0.2) is 14.7 Å². The minimum atomic E-state index is -0.464. The van der Waals surface area contributed by atoms with Gasteiger partial charge in [-0.1, -0.05) is 18.2 Å². The SMILES string of the molecule is CC(C)OC(=O)NC1Cc2c(n(Cc3cccnc3N3C(=O)c4ccccc4C3=O)c3ccc(C#N)cc23)C1. The number of carbonyl (C=O) groups excluding carboxylic acids is 3. The number of amides is 3. The van der Waals surface area contributed by atoms with Crippen LogP contribution in [0.4, 0.5) is 10.6 Å². The minimum Gasteiger partial charge on any atom is -0.447 e.